The standard InChI is InChI=1S/C20H20N2O4.C11H13NO3/c1-21-19(23)18-10-11-26-22(18)20(24)25-12-17-15-8-4-2-6-13(15)14-7-3-5-9-16(14)17;1-12-9(10(13)11(14)15)7-8-5-3-2-4-6-8/h2-9,17-18H,10-12H2,1H3,(H,21,23);2-6,9,12H,7H2,1H3,(H,14,15)/t18-;9-/m00/s1. The van der Waals surface area contributed by atoms with Gasteiger partial charge in [0, 0.05) is 19.4 Å². The Morgan fingerprint density at radius 2 is 1.51 bits per heavy atom. The zero-order valence-electron chi connectivity index (χ0n) is 22.9. The number of Topliss-reactive ketones (excluding diaryl/α,β-unsaturated/α-hetero) is 1. The summed E-state index contributed by atoms with van der Waals surface area (Å²) in [4.78, 5) is 51.4. The molecule has 0 radical (unpaired) electrons. The lowest BCUT2D eigenvalue weighted by Crippen LogP contribution is -2.44. The number of likely N-dealkylation sites (N-methyl/N-ethyl adjacent to an activating group) is 2. The number of nitrogens with one attached hydrogen (secondary N) is 2. The van der Waals surface area contributed by atoms with E-state index < -0.39 is 29.9 Å². The van der Waals surface area contributed by atoms with Gasteiger partial charge in [0.05, 0.1) is 12.6 Å². The van der Waals surface area contributed by atoms with Gasteiger partial charge in [-0.1, -0.05) is 78.9 Å². The van der Waals surface area contributed by atoms with E-state index in [2.05, 4.69) is 34.9 Å². The summed E-state index contributed by atoms with van der Waals surface area (Å²) >= 11 is 0. The Balaban J connectivity index is 0.000000221. The molecule has 1 saturated heterocycles. The first kappa shape index (κ1) is 29.4. The molecule has 3 aromatic rings. The SMILES string of the molecule is CNC(=O)[C@@H]1CCON1C(=O)OCC1c2ccccc2-c2ccccc21.CN[C@@H](Cc1ccccc1)C(=O)C(=O)O. The zero-order valence-corrected chi connectivity index (χ0v) is 22.9. The number of benzene rings is 3. The van der Waals surface area contributed by atoms with Crippen LogP contribution in [0.5, 0.6) is 0 Å². The third kappa shape index (κ3) is 6.79. The smallest absolute Gasteiger partial charge is 0.434 e. The van der Waals surface area contributed by atoms with Crippen molar-refractivity contribution < 1.29 is 33.9 Å². The molecule has 2 atom stereocenters. The summed E-state index contributed by atoms with van der Waals surface area (Å²) in [5.74, 6) is -2.48. The van der Waals surface area contributed by atoms with Gasteiger partial charge >= 0.3 is 12.1 Å². The van der Waals surface area contributed by atoms with Crippen LogP contribution in [0.4, 0.5) is 4.79 Å². The van der Waals surface area contributed by atoms with Crippen molar-refractivity contribution in [1.29, 1.82) is 0 Å². The van der Waals surface area contributed by atoms with Crippen molar-refractivity contribution in [2.45, 2.75) is 30.8 Å². The van der Waals surface area contributed by atoms with Crippen LogP contribution < -0.4 is 10.6 Å². The molecule has 1 fully saturated rings. The maximum Gasteiger partial charge on any atom is 0.434 e. The molecule has 1 heterocycles. The number of carbonyl (C=O) groups is 4. The van der Waals surface area contributed by atoms with Crippen LogP contribution in [-0.4, -0.2) is 73.3 Å². The summed E-state index contributed by atoms with van der Waals surface area (Å²) < 4.78 is 5.53. The summed E-state index contributed by atoms with van der Waals surface area (Å²) in [5.41, 5.74) is 5.57. The molecule has 10 heteroatoms. The molecule has 0 spiro atoms. The molecule has 10 nitrogen and oxygen atoms in total. The third-order valence-corrected chi connectivity index (χ3v) is 7.13. The van der Waals surface area contributed by atoms with Gasteiger partial charge in [0.25, 0.3) is 5.78 Å². The maximum atomic E-state index is 12.5. The van der Waals surface area contributed by atoms with E-state index in [0.29, 0.717) is 19.4 Å². The quantitative estimate of drug-likeness (QED) is 0.359. The van der Waals surface area contributed by atoms with Crippen LogP contribution in [0.1, 0.15) is 29.0 Å². The highest BCUT2D eigenvalue weighted by atomic mass is 16.7. The lowest BCUT2D eigenvalue weighted by atomic mass is 9.98. The summed E-state index contributed by atoms with van der Waals surface area (Å²) in [7, 11) is 3.12. The largest absolute Gasteiger partial charge is 0.475 e. The minimum absolute atomic E-state index is 0.0209. The average Bonchev–Trinajstić information content (AvgIpc) is 3.62. The second-order valence-electron chi connectivity index (χ2n) is 9.58. The Labute approximate surface area is 238 Å². The van der Waals surface area contributed by atoms with Crippen LogP contribution in [0.15, 0.2) is 78.9 Å². The molecule has 3 aromatic carbocycles. The topological polar surface area (TPSA) is 134 Å². The normalized spacial score (nSPS) is 16.0. The molecule has 3 N–H and O–H groups in total. The Hall–Kier alpha value is -4.54. The van der Waals surface area contributed by atoms with Crippen molar-refractivity contribution >= 4 is 23.8 Å². The summed E-state index contributed by atoms with van der Waals surface area (Å²) in [6, 6.07) is 24.3. The summed E-state index contributed by atoms with van der Waals surface area (Å²) in [5, 5.41) is 14.9. The van der Waals surface area contributed by atoms with Crippen LogP contribution in [-0.2, 0) is 30.4 Å². The number of hydrogen-bond acceptors (Lipinski definition) is 7. The Morgan fingerprint density at radius 1 is 0.927 bits per heavy atom. The van der Waals surface area contributed by atoms with Crippen LogP contribution in [0, 0.1) is 0 Å². The number of ether oxygens (including phenoxy) is 1. The second kappa shape index (κ2) is 13.7. The number of aliphatic carboxylic acids is 1. The first-order valence-corrected chi connectivity index (χ1v) is 13.3. The molecular weight excluding hydrogens is 526 g/mol. The predicted molar refractivity (Wildman–Crippen MR) is 151 cm³/mol. The monoisotopic (exact) mass is 559 g/mol. The molecular formula is C31H33N3O7. The number of carboxylic acid groups (broad SMARTS) is 1. The van der Waals surface area contributed by atoms with Crippen molar-refractivity contribution in [2.24, 2.45) is 0 Å². The fourth-order valence-electron chi connectivity index (χ4n) is 5.04. The molecule has 214 valence electrons. The number of amides is 2. The lowest BCUT2D eigenvalue weighted by Gasteiger charge is -2.22. The zero-order chi connectivity index (χ0) is 29.4. The Kier molecular flexibility index (Phi) is 9.83. The van der Waals surface area contributed by atoms with E-state index in [0.717, 1.165) is 21.8 Å². The van der Waals surface area contributed by atoms with Gasteiger partial charge in [-0.05, 0) is 41.3 Å². The number of carbonyl (C=O) groups excluding carboxylic acids is 3. The van der Waals surface area contributed by atoms with Gasteiger partial charge < -0.3 is 20.5 Å². The molecule has 0 aromatic heterocycles. The number of hydrogen-bond donors (Lipinski definition) is 3. The molecule has 0 saturated carbocycles. The minimum Gasteiger partial charge on any atom is -0.475 e. The van der Waals surface area contributed by atoms with Crippen LogP contribution >= 0.6 is 0 Å². The van der Waals surface area contributed by atoms with E-state index in [-0.39, 0.29) is 18.4 Å². The van der Waals surface area contributed by atoms with Crippen molar-refractivity contribution in [3.05, 3.63) is 95.6 Å². The number of rotatable bonds is 8. The van der Waals surface area contributed by atoms with Crippen molar-refractivity contribution in [3.63, 3.8) is 0 Å². The number of fused-ring (bicyclic) bond motifs is 3. The van der Waals surface area contributed by atoms with E-state index in [1.165, 1.54) is 18.2 Å². The molecule has 1 aliphatic heterocycles. The summed E-state index contributed by atoms with van der Waals surface area (Å²) in [6.07, 6.45) is 0.227. The highest BCUT2D eigenvalue weighted by Crippen LogP contribution is 2.44. The molecule has 2 aliphatic rings. The third-order valence-electron chi connectivity index (χ3n) is 7.13. The van der Waals surface area contributed by atoms with E-state index in [1.807, 2.05) is 54.6 Å². The van der Waals surface area contributed by atoms with Crippen LogP contribution in [0.3, 0.4) is 0 Å². The van der Waals surface area contributed by atoms with Gasteiger partial charge in [-0.3, -0.25) is 14.4 Å². The molecule has 0 unspecified atom stereocenters. The second-order valence-corrected chi connectivity index (χ2v) is 9.58. The van der Waals surface area contributed by atoms with Gasteiger partial charge in [0.2, 0.25) is 5.91 Å². The highest BCUT2D eigenvalue weighted by molar-refractivity contribution is 6.34. The van der Waals surface area contributed by atoms with E-state index in [4.69, 9.17) is 14.7 Å². The van der Waals surface area contributed by atoms with Crippen LogP contribution in [0.25, 0.3) is 11.1 Å². The fourth-order valence-corrected chi connectivity index (χ4v) is 5.04. The lowest BCUT2D eigenvalue weighted by molar-refractivity contribution is -0.150. The van der Waals surface area contributed by atoms with Gasteiger partial charge in [-0.2, -0.15) is 5.06 Å². The number of ketones is 1. The Bertz CT molecular complexity index is 1350. The number of carboxylic acids is 1. The first-order valence-electron chi connectivity index (χ1n) is 13.3. The average molecular weight is 560 g/mol. The van der Waals surface area contributed by atoms with Gasteiger partial charge in [-0.15, -0.1) is 0 Å². The summed E-state index contributed by atoms with van der Waals surface area (Å²) in [6.45, 7) is 0.523. The molecule has 0 bridgehead atoms. The minimum atomic E-state index is -1.40. The fraction of sp³-hybridized carbons (Fsp3) is 0.290. The van der Waals surface area contributed by atoms with Crippen LogP contribution in [0.2, 0.25) is 0 Å². The van der Waals surface area contributed by atoms with Crippen molar-refractivity contribution in [2.75, 3.05) is 27.3 Å². The molecule has 5 rings (SSSR count). The highest BCUT2D eigenvalue weighted by Gasteiger charge is 2.37. The maximum absolute atomic E-state index is 12.5. The molecule has 1 aliphatic carbocycles. The number of nitrogens with zero attached hydrogens (tertiary/aromatic N) is 1. The van der Waals surface area contributed by atoms with Gasteiger partial charge in [0.1, 0.15) is 12.6 Å². The number of hydroxylamine groups is 2. The Morgan fingerprint density at radius 3 is 2.07 bits per heavy atom. The molecule has 2 amide bonds. The molecule has 41 heavy (non-hydrogen) atoms. The van der Waals surface area contributed by atoms with Gasteiger partial charge in [0.15, 0.2) is 0 Å². The first-order chi connectivity index (χ1) is 19.8. The van der Waals surface area contributed by atoms with Gasteiger partial charge in [-0.25, -0.2) is 9.59 Å². The van der Waals surface area contributed by atoms with E-state index in [9.17, 15) is 19.2 Å². The van der Waals surface area contributed by atoms with E-state index in [1.54, 1.807) is 7.05 Å². The van der Waals surface area contributed by atoms with Crippen molar-refractivity contribution in [3.8, 4) is 11.1 Å². The van der Waals surface area contributed by atoms with E-state index >= 15 is 0 Å². The van der Waals surface area contributed by atoms with Crippen molar-refractivity contribution in [1.82, 2.24) is 15.7 Å². The predicted octanol–water partition coefficient (Wildman–Crippen LogP) is 3.16.